The molecule has 404 valence electrons. The van der Waals surface area contributed by atoms with Gasteiger partial charge < -0.3 is 0 Å². The molecule has 15 rings (SSSR count). The molecule has 14 aromatic carbocycles. The van der Waals surface area contributed by atoms with Crippen LogP contribution in [0.4, 0.5) is 0 Å². The molecule has 0 aliphatic heterocycles. The molecule has 0 atom stereocenters. The molecule has 0 N–H and O–H groups in total. The standard InChI is InChI=1S/C86H60/c1-59-46-47-83-82(48-59)85-81(80-43-18-17-42-79(80)64-32-15-6-16-33-64)44-23-45-84(85)86(83,77-40-21-38-69(57-77)65-34-19-36-67(49-65)75-53-71(60-24-7-2-8-25-60)51-72(54-75)61-26-9-3-10-27-61)78-41-22-39-70(58-78)66-35-20-37-68(50-66)76-55-73(62-28-11-4-12-29-62)52-74(56-76)63-30-13-5-14-31-63/h2-58H,1H3. The molecule has 0 amide bonds. The van der Waals surface area contributed by atoms with E-state index < -0.39 is 5.41 Å². The Morgan fingerprint density at radius 2 is 0.477 bits per heavy atom. The summed E-state index contributed by atoms with van der Waals surface area (Å²) in [5.74, 6) is 0. The van der Waals surface area contributed by atoms with Crippen molar-refractivity contribution in [2.24, 2.45) is 0 Å². The number of hydrogen-bond donors (Lipinski definition) is 0. The van der Waals surface area contributed by atoms with Crippen LogP contribution < -0.4 is 0 Å². The lowest BCUT2D eigenvalue weighted by Crippen LogP contribution is -2.28. The van der Waals surface area contributed by atoms with Crippen molar-refractivity contribution in [2.45, 2.75) is 12.3 Å². The number of benzene rings is 14. The van der Waals surface area contributed by atoms with Crippen LogP contribution in [0.2, 0.25) is 0 Å². The van der Waals surface area contributed by atoms with Gasteiger partial charge >= 0.3 is 0 Å². The predicted octanol–water partition coefficient (Wildman–Crippen LogP) is 23.0. The minimum absolute atomic E-state index is 0.722. The second-order valence-corrected chi connectivity index (χ2v) is 22.8. The number of fused-ring (bicyclic) bond motifs is 3. The maximum atomic E-state index is 2.48. The molecular formula is C86H60. The lowest BCUT2D eigenvalue weighted by Gasteiger charge is -2.35. The largest absolute Gasteiger partial charge is 0.0714 e. The van der Waals surface area contributed by atoms with Crippen LogP contribution in [0, 0.1) is 6.92 Å². The SMILES string of the molecule is Cc1ccc2c(c1)-c1c(-c3ccccc3-c3ccccc3)cccc1C2(c1cccc(-c2cccc(-c3cc(-c4ccccc4)cc(-c4ccccc4)c3)c2)c1)c1cccc(-c2cccc(-c3cc(-c4ccccc4)cc(-c4ccccc4)c3)c2)c1. The average Bonchev–Trinajstić information content (AvgIpc) is 1.54. The van der Waals surface area contributed by atoms with Gasteiger partial charge in [0.05, 0.1) is 5.41 Å². The summed E-state index contributed by atoms with van der Waals surface area (Å²) < 4.78 is 0. The summed E-state index contributed by atoms with van der Waals surface area (Å²) in [6.07, 6.45) is 0. The van der Waals surface area contributed by atoms with Gasteiger partial charge in [-0.25, -0.2) is 0 Å². The van der Waals surface area contributed by atoms with Crippen molar-refractivity contribution in [3.8, 4) is 122 Å². The van der Waals surface area contributed by atoms with Crippen LogP contribution in [-0.2, 0) is 5.41 Å². The Morgan fingerprint density at radius 3 is 0.907 bits per heavy atom. The third kappa shape index (κ3) is 9.58. The molecule has 0 saturated heterocycles. The topological polar surface area (TPSA) is 0 Å². The minimum Gasteiger partial charge on any atom is -0.0622 e. The van der Waals surface area contributed by atoms with Crippen LogP contribution in [0.15, 0.2) is 346 Å². The van der Waals surface area contributed by atoms with Gasteiger partial charge in [-0.05, 0) is 212 Å². The fraction of sp³-hybridized carbons (Fsp3) is 0.0233. The van der Waals surface area contributed by atoms with E-state index in [1.807, 2.05) is 0 Å². The van der Waals surface area contributed by atoms with E-state index in [9.17, 15) is 0 Å². The normalized spacial score (nSPS) is 12.1. The van der Waals surface area contributed by atoms with Crippen molar-refractivity contribution in [3.63, 3.8) is 0 Å². The Kier molecular flexibility index (Phi) is 13.5. The zero-order chi connectivity index (χ0) is 57.4. The highest BCUT2D eigenvalue weighted by Gasteiger charge is 2.47. The van der Waals surface area contributed by atoms with Gasteiger partial charge in [0.1, 0.15) is 0 Å². The molecule has 14 aromatic rings. The van der Waals surface area contributed by atoms with Gasteiger partial charge in [-0.1, -0.05) is 291 Å². The molecule has 86 heavy (non-hydrogen) atoms. The fourth-order valence-electron chi connectivity index (χ4n) is 13.5. The maximum absolute atomic E-state index is 2.48. The van der Waals surface area contributed by atoms with E-state index in [1.54, 1.807) is 0 Å². The first kappa shape index (κ1) is 51.9. The van der Waals surface area contributed by atoms with Gasteiger partial charge in [-0.2, -0.15) is 0 Å². The van der Waals surface area contributed by atoms with Gasteiger partial charge in [-0.3, -0.25) is 0 Å². The van der Waals surface area contributed by atoms with Gasteiger partial charge in [0.25, 0.3) is 0 Å². The van der Waals surface area contributed by atoms with E-state index in [1.165, 1.54) is 128 Å². The summed E-state index contributed by atoms with van der Waals surface area (Å²) in [6, 6.07) is 128. The van der Waals surface area contributed by atoms with Crippen LogP contribution in [0.1, 0.15) is 27.8 Å². The number of aryl methyl sites for hydroxylation is 1. The van der Waals surface area contributed by atoms with Gasteiger partial charge in [0, 0.05) is 0 Å². The molecule has 0 radical (unpaired) electrons. The maximum Gasteiger partial charge on any atom is 0.0714 e. The Bertz CT molecular complexity index is 4460. The highest BCUT2D eigenvalue weighted by atomic mass is 14.5. The summed E-state index contributed by atoms with van der Waals surface area (Å²) in [7, 11) is 0. The number of hydrogen-bond acceptors (Lipinski definition) is 0. The molecular weight excluding hydrogens is 1030 g/mol. The third-order valence-corrected chi connectivity index (χ3v) is 17.6. The molecule has 0 aromatic heterocycles. The molecule has 1 aliphatic carbocycles. The van der Waals surface area contributed by atoms with Crippen molar-refractivity contribution in [2.75, 3.05) is 0 Å². The van der Waals surface area contributed by atoms with Crippen LogP contribution >= 0.6 is 0 Å². The lowest BCUT2D eigenvalue weighted by atomic mass is 9.66. The molecule has 0 spiro atoms. The quantitative estimate of drug-likeness (QED) is 0.114. The molecule has 0 fully saturated rings. The highest BCUT2D eigenvalue weighted by Crippen LogP contribution is 2.60. The fourth-order valence-corrected chi connectivity index (χ4v) is 13.5. The van der Waals surface area contributed by atoms with Gasteiger partial charge in [0.15, 0.2) is 0 Å². The zero-order valence-electron chi connectivity index (χ0n) is 47.9. The average molecular weight is 1090 g/mol. The molecule has 0 bridgehead atoms. The first-order valence-electron chi connectivity index (χ1n) is 29.9. The molecule has 1 aliphatic rings. The summed E-state index contributed by atoms with van der Waals surface area (Å²) >= 11 is 0. The zero-order valence-corrected chi connectivity index (χ0v) is 47.9. The Labute approximate surface area is 505 Å². The van der Waals surface area contributed by atoms with E-state index in [4.69, 9.17) is 0 Å². The highest BCUT2D eigenvalue weighted by molar-refractivity contribution is 5.99. The predicted molar refractivity (Wildman–Crippen MR) is 363 cm³/mol. The Hall–Kier alpha value is -10.9. The molecule has 0 heteroatoms. The van der Waals surface area contributed by atoms with Crippen molar-refractivity contribution in [1.29, 1.82) is 0 Å². The van der Waals surface area contributed by atoms with Crippen LogP contribution in [0.25, 0.3) is 122 Å². The van der Waals surface area contributed by atoms with Gasteiger partial charge in [0.2, 0.25) is 0 Å². The monoisotopic (exact) mass is 1090 g/mol. The molecule has 0 saturated carbocycles. The first-order valence-corrected chi connectivity index (χ1v) is 29.9. The third-order valence-electron chi connectivity index (χ3n) is 17.6. The summed E-state index contributed by atoms with van der Waals surface area (Å²) in [4.78, 5) is 0. The van der Waals surface area contributed by atoms with E-state index >= 15 is 0 Å². The van der Waals surface area contributed by atoms with E-state index in [2.05, 4.69) is 353 Å². The summed E-state index contributed by atoms with van der Waals surface area (Å²) in [6.45, 7) is 2.23. The van der Waals surface area contributed by atoms with Crippen molar-refractivity contribution in [3.05, 3.63) is 374 Å². The van der Waals surface area contributed by atoms with Crippen LogP contribution in [0.5, 0.6) is 0 Å². The second kappa shape index (κ2) is 22.3. The molecule has 0 heterocycles. The minimum atomic E-state index is -0.722. The van der Waals surface area contributed by atoms with Crippen molar-refractivity contribution in [1.82, 2.24) is 0 Å². The van der Waals surface area contributed by atoms with E-state index in [-0.39, 0.29) is 0 Å². The first-order chi connectivity index (χ1) is 42.5. The van der Waals surface area contributed by atoms with E-state index in [0.29, 0.717) is 0 Å². The van der Waals surface area contributed by atoms with Crippen molar-refractivity contribution < 1.29 is 0 Å². The summed E-state index contributed by atoms with van der Waals surface area (Å²) in [5, 5.41) is 0. The van der Waals surface area contributed by atoms with Gasteiger partial charge in [-0.15, -0.1) is 0 Å². The van der Waals surface area contributed by atoms with Crippen molar-refractivity contribution >= 4 is 0 Å². The van der Waals surface area contributed by atoms with Crippen LogP contribution in [-0.4, -0.2) is 0 Å². The Balaban J connectivity index is 0.920. The van der Waals surface area contributed by atoms with E-state index in [0.717, 1.165) is 22.3 Å². The lowest BCUT2D eigenvalue weighted by molar-refractivity contribution is 0.769. The van der Waals surface area contributed by atoms with Crippen LogP contribution in [0.3, 0.4) is 0 Å². The second-order valence-electron chi connectivity index (χ2n) is 22.8. The summed E-state index contributed by atoms with van der Waals surface area (Å²) in [5.41, 5.74) is 31.8. The molecule has 0 unspecified atom stereocenters. The number of rotatable bonds is 12. The smallest absolute Gasteiger partial charge is 0.0622 e. The molecule has 0 nitrogen and oxygen atoms in total. The Morgan fingerprint density at radius 1 is 0.174 bits per heavy atom.